The second-order valence-electron chi connectivity index (χ2n) is 3.60. The first kappa shape index (κ1) is 10.6. The fourth-order valence-electron chi connectivity index (χ4n) is 1.27. The Morgan fingerprint density at radius 1 is 1.56 bits per heavy atom. The molecule has 2 rings (SSSR count). The van der Waals surface area contributed by atoms with Gasteiger partial charge in [0.25, 0.3) is 5.91 Å². The molecule has 0 spiro atoms. The Kier molecular flexibility index (Phi) is 2.85. The van der Waals surface area contributed by atoms with E-state index in [0.29, 0.717) is 12.0 Å². The monoisotopic (exact) mass is 220 g/mol. The van der Waals surface area contributed by atoms with Gasteiger partial charge < -0.3 is 10.1 Å². The van der Waals surface area contributed by atoms with Gasteiger partial charge in [0.2, 0.25) is 0 Å². The number of pyridine rings is 1. The van der Waals surface area contributed by atoms with Crippen molar-refractivity contribution in [1.82, 2.24) is 10.3 Å². The molecule has 0 aliphatic heterocycles. The number of rotatable bonds is 4. The lowest BCUT2D eigenvalue weighted by Gasteiger charge is -2.09. The van der Waals surface area contributed by atoms with E-state index >= 15 is 0 Å². The minimum absolute atomic E-state index is 0.166. The van der Waals surface area contributed by atoms with E-state index < -0.39 is 0 Å². The largest absolute Gasteiger partial charge is 0.488 e. The molecule has 1 heterocycles. The van der Waals surface area contributed by atoms with Crippen molar-refractivity contribution < 1.29 is 14.3 Å². The zero-order chi connectivity index (χ0) is 11.5. The second kappa shape index (κ2) is 4.30. The molecule has 1 fully saturated rings. The highest BCUT2D eigenvalue weighted by molar-refractivity contribution is 5.95. The third kappa shape index (κ3) is 2.18. The summed E-state index contributed by atoms with van der Waals surface area (Å²) in [6.07, 6.45) is 2.80. The average molecular weight is 220 g/mol. The second-order valence-corrected chi connectivity index (χ2v) is 3.60. The summed E-state index contributed by atoms with van der Waals surface area (Å²) in [5, 5.41) is 2.47. The van der Waals surface area contributed by atoms with Crippen LogP contribution in [-0.2, 0) is 0 Å². The van der Waals surface area contributed by atoms with Crippen LogP contribution in [0.15, 0.2) is 12.1 Å². The molecule has 0 bridgehead atoms. The van der Waals surface area contributed by atoms with Gasteiger partial charge in [0.15, 0.2) is 17.7 Å². The third-order valence-corrected chi connectivity index (χ3v) is 2.26. The van der Waals surface area contributed by atoms with Crippen LogP contribution in [-0.4, -0.2) is 30.3 Å². The number of aldehydes is 1. The Morgan fingerprint density at radius 3 is 2.88 bits per heavy atom. The lowest BCUT2D eigenvalue weighted by Crippen LogP contribution is -2.21. The maximum Gasteiger partial charge on any atom is 0.273 e. The molecule has 0 unspecified atom stereocenters. The highest BCUT2D eigenvalue weighted by Gasteiger charge is 2.26. The number of ether oxygens (including phenoxy) is 1. The molecule has 5 nitrogen and oxygen atoms in total. The number of aromatic nitrogens is 1. The number of hydrogen-bond donors (Lipinski definition) is 1. The Balaban J connectivity index is 2.33. The maximum absolute atomic E-state index is 11.5. The molecule has 1 saturated carbocycles. The van der Waals surface area contributed by atoms with E-state index in [-0.39, 0.29) is 23.4 Å². The summed E-state index contributed by atoms with van der Waals surface area (Å²) in [4.78, 5) is 26.1. The third-order valence-electron chi connectivity index (χ3n) is 2.26. The fourth-order valence-corrected chi connectivity index (χ4v) is 1.27. The lowest BCUT2D eigenvalue weighted by molar-refractivity contribution is 0.0953. The number of nitrogens with zero attached hydrogens (tertiary/aromatic N) is 1. The first-order valence-corrected chi connectivity index (χ1v) is 5.09. The number of nitrogens with one attached hydrogen (secondary N) is 1. The minimum Gasteiger partial charge on any atom is -0.488 e. The molecule has 1 aliphatic rings. The van der Waals surface area contributed by atoms with Gasteiger partial charge in [-0.25, -0.2) is 4.98 Å². The average Bonchev–Trinajstić information content (AvgIpc) is 3.12. The molecule has 84 valence electrons. The number of amides is 1. The molecule has 1 aromatic heterocycles. The summed E-state index contributed by atoms with van der Waals surface area (Å²) >= 11 is 0. The van der Waals surface area contributed by atoms with Gasteiger partial charge in [-0.05, 0) is 25.0 Å². The van der Waals surface area contributed by atoms with Crippen molar-refractivity contribution in [2.75, 3.05) is 7.05 Å². The molecule has 1 N–H and O–H groups in total. The first-order chi connectivity index (χ1) is 7.74. The molecule has 0 aromatic carbocycles. The van der Waals surface area contributed by atoms with Gasteiger partial charge in [0, 0.05) is 7.05 Å². The van der Waals surface area contributed by atoms with Crippen LogP contribution in [0.5, 0.6) is 5.75 Å². The molecule has 0 saturated heterocycles. The standard InChI is InChI=1S/C11H12N2O3/c1-12-11(15)10-9(16-8-3-4-8)5-2-7(6-14)13-10/h2,5-6,8H,3-4H2,1H3,(H,12,15). The molecule has 0 radical (unpaired) electrons. The molecule has 1 amide bonds. The predicted molar refractivity (Wildman–Crippen MR) is 56.7 cm³/mol. The smallest absolute Gasteiger partial charge is 0.273 e. The topological polar surface area (TPSA) is 68.3 Å². The summed E-state index contributed by atoms with van der Waals surface area (Å²) in [6, 6.07) is 3.15. The number of carbonyl (C=O) groups is 2. The van der Waals surface area contributed by atoms with Gasteiger partial charge in [-0.1, -0.05) is 0 Å². The lowest BCUT2D eigenvalue weighted by atomic mass is 10.2. The van der Waals surface area contributed by atoms with Gasteiger partial charge in [-0.3, -0.25) is 9.59 Å². The summed E-state index contributed by atoms with van der Waals surface area (Å²) < 4.78 is 5.54. The maximum atomic E-state index is 11.5. The van der Waals surface area contributed by atoms with Crippen LogP contribution in [0, 0.1) is 0 Å². The van der Waals surface area contributed by atoms with Crippen molar-refractivity contribution in [1.29, 1.82) is 0 Å². The van der Waals surface area contributed by atoms with Crippen molar-refractivity contribution in [2.24, 2.45) is 0 Å². The van der Waals surface area contributed by atoms with Gasteiger partial charge in [-0.15, -0.1) is 0 Å². The quantitative estimate of drug-likeness (QED) is 0.762. The van der Waals surface area contributed by atoms with E-state index in [2.05, 4.69) is 10.3 Å². The minimum atomic E-state index is -0.348. The van der Waals surface area contributed by atoms with E-state index in [1.807, 2.05) is 0 Å². The van der Waals surface area contributed by atoms with Crippen LogP contribution < -0.4 is 10.1 Å². The van der Waals surface area contributed by atoms with Crippen LogP contribution >= 0.6 is 0 Å². The fraction of sp³-hybridized carbons (Fsp3) is 0.364. The van der Waals surface area contributed by atoms with E-state index in [0.717, 1.165) is 12.8 Å². The molecular weight excluding hydrogens is 208 g/mol. The molecule has 0 atom stereocenters. The zero-order valence-corrected chi connectivity index (χ0v) is 8.90. The van der Waals surface area contributed by atoms with Crippen LogP contribution in [0.2, 0.25) is 0 Å². The van der Waals surface area contributed by atoms with Crippen molar-refractivity contribution in [3.05, 3.63) is 23.5 Å². The summed E-state index contributed by atoms with van der Waals surface area (Å²) in [6.45, 7) is 0. The van der Waals surface area contributed by atoms with E-state index in [1.54, 1.807) is 6.07 Å². The van der Waals surface area contributed by atoms with Crippen molar-refractivity contribution in [3.8, 4) is 5.75 Å². The van der Waals surface area contributed by atoms with Gasteiger partial charge in [-0.2, -0.15) is 0 Å². The van der Waals surface area contributed by atoms with Gasteiger partial charge in [0.1, 0.15) is 5.69 Å². The van der Waals surface area contributed by atoms with E-state index in [4.69, 9.17) is 4.74 Å². The summed E-state index contributed by atoms with van der Waals surface area (Å²) in [5.41, 5.74) is 0.390. The Labute approximate surface area is 92.8 Å². The van der Waals surface area contributed by atoms with Crippen LogP contribution in [0.25, 0.3) is 0 Å². The van der Waals surface area contributed by atoms with Crippen molar-refractivity contribution >= 4 is 12.2 Å². The van der Waals surface area contributed by atoms with Gasteiger partial charge >= 0.3 is 0 Å². The van der Waals surface area contributed by atoms with Crippen LogP contribution in [0.4, 0.5) is 0 Å². The number of carbonyl (C=O) groups excluding carboxylic acids is 2. The SMILES string of the molecule is CNC(=O)c1nc(C=O)ccc1OC1CC1. The van der Waals surface area contributed by atoms with E-state index in [9.17, 15) is 9.59 Å². The molecular formula is C11H12N2O3. The Hall–Kier alpha value is -1.91. The first-order valence-electron chi connectivity index (χ1n) is 5.09. The Morgan fingerprint density at radius 2 is 2.31 bits per heavy atom. The van der Waals surface area contributed by atoms with Crippen molar-refractivity contribution in [3.63, 3.8) is 0 Å². The van der Waals surface area contributed by atoms with Crippen LogP contribution in [0.1, 0.15) is 33.8 Å². The summed E-state index contributed by atoms with van der Waals surface area (Å²) in [5.74, 6) is 0.0896. The van der Waals surface area contributed by atoms with Crippen LogP contribution in [0.3, 0.4) is 0 Å². The number of hydrogen-bond acceptors (Lipinski definition) is 4. The van der Waals surface area contributed by atoms with E-state index in [1.165, 1.54) is 13.1 Å². The predicted octanol–water partition coefficient (Wildman–Crippen LogP) is 0.795. The highest BCUT2D eigenvalue weighted by atomic mass is 16.5. The molecule has 16 heavy (non-hydrogen) atoms. The normalized spacial score (nSPS) is 14.3. The highest BCUT2D eigenvalue weighted by Crippen LogP contribution is 2.28. The van der Waals surface area contributed by atoms with Gasteiger partial charge in [0.05, 0.1) is 6.10 Å². The van der Waals surface area contributed by atoms with Crippen molar-refractivity contribution in [2.45, 2.75) is 18.9 Å². The zero-order valence-electron chi connectivity index (χ0n) is 8.90. The molecule has 1 aliphatic carbocycles. The Bertz CT molecular complexity index is 427. The molecule has 1 aromatic rings. The molecule has 5 heteroatoms. The summed E-state index contributed by atoms with van der Waals surface area (Å²) in [7, 11) is 1.51.